The summed E-state index contributed by atoms with van der Waals surface area (Å²) in [4.78, 5) is 2.38. The van der Waals surface area contributed by atoms with Crippen LogP contribution in [-0.4, -0.2) is 30.7 Å². The quantitative estimate of drug-likeness (QED) is 0.221. The number of fused-ring (bicyclic) bond motifs is 1. The molecular weight excluding hydrogens is 518 g/mol. The predicted molar refractivity (Wildman–Crippen MR) is 164 cm³/mol. The van der Waals surface area contributed by atoms with Gasteiger partial charge < -0.3 is 15.5 Å². The number of rotatable bonds is 4. The molecule has 0 atom stereocenters. The Bertz CT molecular complexity index is 1790. The third-order valence-corrected chi connectivity index (χ3v) is 8.19. The van der Waals surface area contributed by atoms with Crippen LogP contribution in [0.2, 0.25) is 5.02 Å². The second-order valence-electron chi connectivity index (χ2n) is 10.5. The smallest absolute Gasteiger partial charge is 0.110 e. The van der Waals surface area contributed by atoms with Crippen LogP contribution in [0.3, 0.4) is 0 Å². The summed E-state index contributed by atoms with van der Waals surface area (Å²) in [6.07, 6.45) is 2.09. The van der Waals surface area contributed by atoms with Crippen molar-refractivity contribution in [3.63, 3.8) is 0 Å². The van der Waals surface area contributed by atoms with Crippen molar-refractivity contribution in [2.75, 3.05) is 30.8 Å². The number of benzene rings is 5. The van der Waals surface area contributed by atoms with E-state index >= 15 is 0 Å². The molecule has 2 aliphatic rings. The highest BCUT2D eigenvalue weighted by molar-refractivity contribution is 6.32. The number of hydrogen-bond acceptors (Lipinski definition) is 7. The number of azo groups is 2. The standard InChI is InChI=1S/C32H28ClN7/c1-40-19-17-32(18-20-40)34-29-12-6-9-23-27(15-16-30(35-32)31(23)29)38-36-25-13-14-26(22-8-3-2-7-21(22)25)37-39-28-11-5-4-10-24(28)33/h2-16,34-35H,17-20H2,1H3. The zero-order valence-electron chi connectivity index (χ0n) is 22.1. The summed E-state index contributed by atoms with van der Waals surface area (Å²) >= 11 is 6.26. The zero-order chi connectivity index (χ0) is 27.1. The van der Waals surface area contributed by atoms with Gasteiger partial charge in [-0.2, -0.15) is 0 Å². The molecule has 7 rings (SSSR count). The van der Waals surface area contributed by atoms with E-state index in [-0.39, 0.29) is 5.66 Å². The highest BCUT2D eigenvalue weighted by atomic mass is 35.5. The Morgan fingerprint density at radius 2 is 1.12 bits per heavy atom. The van der Waals surface area contributed by atoms with Crippen LogP contribution in [0.5, 0.6) is 0 Å². The van der Waals surface area contributed by atoms with Crippen molar-refractivity contribution in [2.24, 2.45) is 20.5 Å². The molecule has 5 aromatic carbocycles. The molecule has 2 heterocycles. The van der Waals surface area contributed by atoms with Crippen LogP contribution in [0.15, 0.2) is 111 Å². The molecule has 8 heteroatoms. The number of piperidine rings is 1. The van der Waals surface area contributed by atoms with Gasteiger partial charge >= 0.3 is 0 Å². The second kappa shape index (κ2) is 10.0. The van der Waals surface area contributed by atoms with E-state index in [1.54, 1.807) is 6.07 Å². The Morgan fingerprint density at radius 1 is 0.600 bits per heavy atom. The molecule has 1 saturated heterocycles. The molecule has 5 aromatic rings. The SMILES string of the molecule is CN1CCC2(CC1)Nc1cccc3c(N=Nc4ccc(N=Nc5ccccc5Cl)c5ccccc45)ccc(c13)N2. The van der Waals surface area contributed by atoms with Crippen LogP contribution in [0, 0.1) is 0 Å². The number of nitrogens with one attached hydrogen (secondary N) is 2. The average molecular weight is 546 g/mol. The summed E-state index contributed by atoms with van der Waals surface area (Å²) in [5.74, 6) is 0. The van der Waals surface area contributed by atoms with Gasteiger partial charge in [-0.05, 0) is 49.5 Å². The van der Waals surface area contributed by atoms with Crippen LogP contribution in [0.25, 0.3) is 21.5 Å². The fourth-order valence-electron chi connectivity index (χ4n) is 5.67. The molecule has 0 aromatic heterocycles. The molecule has 1 spiro atoms. The number of anilines is 2. The van der Waals surface area contributed by atoms with Crippen molar-refractivity contribution in [1.82, 2.24) is 4.90 Å². The number of hydrogen-bond donors (Lipinski definition) is 2. The molecule has 1 fully saturated rings. The fraction of sp³-hybridized carbons (Fsp3) is 0.188. The highest BCUT2D eigenvalue weighted by Crippen LogP contribution is 2.44. The molecule has 198 valence electrons. The normalized spacial score (nSPS) is 16.6. The van der Waals surface area contributed by atoms with Crippen LogP contribution < -0.4 is 10.6 Å². The van der Waals surface area contributed by atoms with Gasteiger partial charge in [0.1, 0.15) is 11.4 Å². The van der Waals surface area contributed by atoms with Gasteiger partial charge in [0.15, 0.2) is 0 Å². The van der Waals surface area contributed by atoms with E-state index in [1.807, 2.05) is 54.6 Å². The summed E-state index contributed by atoms with van der Waals surface area (Å²) in [5.41, 5.74) is 5.16. The molecule has 2 aliphatic heterocycles. The maximum Gasteiger partial charge on any atom is 0.110 e. The van der Waals surface area contributed by atoms with Crippen molar-refractivity contribution >= 4 is 67.3 Å². The van der Waals surface area contributed by atoms with Crippen LogP contribution >= 0.6 is 11.6 Å². The molecule has 0 saturated carbocycles. The van der Waals surface area contributed by atoms with E-state index < -0.39 is 0 Å². The fourth-order valence-corrected chi connectivity index (χ4v) is 5.85. The largest absolute Gasteiger partial charge is 0.362 e. The monoisotopic (exact) mass is 545 g/mol. The molecular formula is C32H28ClN7. The van der Waals surface area contributed by atoms with Crippen LogP contribution in [0.4, 0.5) is 34.1 Å². The van der Waals surface area contributed by atoms with Crippen molar-refractivity contribution in [3.8, 4) is 0 Å². The first-order chi connectivity index (χ1) is 19.6. The molecule has 2 N–H and O–H groups in total. The van der Waals surface area contributed by atoms with Gasteiger partial charge in [-0.1, -0.05) is 60.1 Å². The topological polar surface area (TPSA) is 76.7 Å². The Balaban J connectivity index is 1.22. The molecule has 7 nitrogen and oxygen atoms in total. The minimum atomic E-state index is -0.110. The Labute approximate surface area is 237 Å². The van der Waals surface area contributed by atoms with Gasteiger partial charge in [0.25, 0.3) is 0 Å². The van der Waals surface area contributed by atoms with Gasteiger partial charge in [0.2, 0.25) is 0 Å². The first-order valence-corrected chi connectivity index (χ1v) is 13.9. The first-order valence-electron chi connectivity index (χ1n) is 13.5. The summed E-state index contributed by atoms with van der Waals surface area (Å²) in [6, 6.07) is 29.9. The second-order valence-corrected chi connectivity index (χ2v) is 10.9. The van der Waals surface area contributed by atoms with E-state index in [1.165, 1.54) is 0 Å². The third kappa shape index (κ3) is 4.47. The van der Waals surface area contributed by atoms with Crippen molar-refractivity contribution in [2.45, 2.75) is 18.5 Å². The summed E-state index contributed by atoms with van der Waals surface area (Å²) in [7, 11) is 2.18. The van der Waals surface area contributed by atoms with Gasteiger partial charge in [0, 0.05) is 58.9 Å². The predicted octanol–water partition coefficient (Wildman–Crippen LogP) is 9.74. The molecule has 0 unspecified atom stereocenters. The summed E-state index contributed by atoms with van der Waals surface area (Å²) in [5, 5.41) is 30.6. The lowest BCUT2D eigenvalue weighted by Gasteiger charge is -2.46. The van der Waals surface area contributed by atoms with Crippen molar-refractivity contribution < 1.29 is 0 Å². The molecule has 0 amide bonds. The van der Waals surface area contributed by atoms with E-state index in [4.69, 9.17) is 21.8 Å². The Hall–Kier alpha value is -4.33. The van der Waals surface area contributed by atoms with Crippen LogP contribution in [-0.2, 0) is 0 Å². The molecule has 0 aliphatic carbocycles. The average Bonchev–Trinajstić information content (AvgIpc) is 2.98. The molecule has 0 bridgehead atoms. The van der Waals surface area contributed by atoms with Gasteiger partial charge in [-0.25, -0.2) is 0 Å². The summed E-state index contributed by atoms with van der Waals surface area (Å²) in [6.45, 7) is 2.12. The molecule has 0 radical (unpaired) electrons. The van der Waals surface area contributed by atoms with Gasteiger partial charge in [-0.3, -0.25) is 0 Å². The zero-order valence-corrected chi connectivity index (χ0v) is 22.9. The first kappa shape index (κ1) is 24.7. The minimum Gasteiger partial charge on any atom is -0.362 e. The Morgan fingerprint density at radius 3 is 1.80 bits per heavy atom. The lowest BCUT2D eigenvalue weighted by molar-refractivity contribution is 0.221. The lowest BCUT2D eigenvalue weighted by atomic mass is 9.91. The van der Waals surface area contributed by atoms with Crippen molar-refractivity contribution in [3.05, 3.63) is 96.0 Å². The molecule has 40 heavy (non-hydrogen) atoms. The maximum atomic E-state index is 6.26. The van der Waals surface area contributed by atoms with E-state index in [2.05, 4.69) is 63.1 Å². The Kier molecular flexibility index (Phi) is 6.18. The van der Waals surface area contributed by atoms with Gasteiger partial charge in [0.05, 0.1) is 22.1 Å². The van der Waals surface area contributed by atoms with E-state index in [9.17, 15) is 0 Å². The number of nitrogens with zero attached hydrogens (tertiary/aromatic N) is 5. The van der Waals surface area contributed by atoms with E-state index in [0.29, 0.717) is 10.7 Å². The number of likely N-dealkylation sites (tertiary alicyclic amines) is 1. The highest BCUT2D eigenvalue weighted by Gasteiger charge is 2.37. The lowest BCUT2D eigenvalue weighted by Crippen LogP contribution is -2.54. The van der Waals surface area contributed by atoms with E-state index in [0.717, 1.165) is 75.9 Å². The third-order valence-electron chi connectivity index (χ3n) is 7.87. The van der Waals surface area contributed by atoms with Crippen molar-refractivity contribution in [1.29, 1.82) is 0 Å². The minimum absolute atomic E-state index is 0.110. The maximum absolute atomic E-state index is 6.26. The summed E-state index contributed by atoms with van der Waals surface area (Å²) < 4.78 is 0. The van der Waals surface area contributed by atoms with Gasteiger partial charge in [-0.15, -0.1) is 20.5 Å². The number of halogens is 1. The van der Waals surface area contributed by atoms with Crippen LogP contribution in [0.1, 0.15) is 12.8 Å².